The molecule has 0 atom stereocenters. The molecule has 6 nitrogen and oxygen atoms in total. The van der Waals surface area contributed by atoms with Gasteiger partial charge in [0.05, 0.1) is 12.2 Å². The molecule has 2 heterocycles. The van der Waals surface area contributed by atoms with Crippen LogP contribution in [0.5, 0.6) is 0 Å². The predicted molar refractivity (Wildman–Crippen MR) is 136 cm³/mol. The van der Waals surface area contributed by atoms with Crippen LogP contribution in [-0.2, 0) is 6.54 Å². The first-order chi connectivity index (χ1) is 14.1. The number of nitrogens with one attached hydrogen (secondary N) is 2. The van der Waals surface area contributed by atoms with Gasteiger partial charge in [0.1, 0.15) is 5.76 Å². The Hall–Kier alpha value is -1.26. The number of hydrogen-bond donors (Lipinski definition) is 2. The Bertz CT molecular complexity index is 756. The molecule has 0 saturated carbocycles. The number of aliphatic imine (C=N–C) groups is 1. The van der Waals surface area contributed by atoms with Crippen molar-refractivity contribution in [2.45, 2.75) is 38.1 Å². The summed E-state index contributed by atoms with van der Waals surface area (Å²) in [6.07, 6.45) is 2.37. The van der Waals surface area contributed by atoms with Gasteiger partial charge in [-0.1, -0.05) is 18.2 Å². The van der Waals surface area contributed by atoms with Gasteiger partial charge in [-0.05, 0) is 57.8 Å². The van der Waals surface area contributed by atoms with E-state index in [2.05, 4.69) is 49.8 Å². The fourth-order valence-corrected chi connectivity index (χ4v) is 4.25. The normalized spacial score (nSPS) is 15.6. The summed E-state index contributed by atoms with van der Waals surface area (Å²) >= 11 is 1.86. The number of aryl methyl sites for hydroxylation is 2. The third-order valence-corrected chi connectivity index (χ3v) is 6.34. The van der Waals surface area contributed by atoms with Crippen LogP contribution in [0.4, 0.5) is 0 Å². The van der Waals surface area contributed by atoms with E-state index in [1.165, 1.54) is 17.7 Å². The van der Waals surface area contributed by atoms with E-state index < -0.39 is 0 Å². The molecular formula is C22H34IN5OS. The topological polar surface area (TPSA) is 65.7 Å². The monoisotopic (exact) mass is 543 g/mol. The Labute approximate surface area is 201 Å². The van der Waals surface area contributed by atoms with Gasteiger partial charge in [-0.2, -0.15) is 0 Å². The van der Waals surface area contributed by atoms with Crippen molar-refractivity contribution in [3.8, 4) is 0 Å². The number of oxazole rings is 1. The fourth-order valence-electron chi connectivity index (χ4n) is 3.46. The van der Waals surface area contributed by atoms with Gasteiger partial charge in [-0.25, -0.2) is 4.98 Å². The van der Waals surface area contributed by atoms with Gasteiger partial charge in [-0.15, -0.1) is 35.7 Å². The number of piperidine rings is 1. The number of aromatic nitrogens is 1. The van der Waals surface area contributed by atoms with Gasteiger partial charge in [0.2, 0.25) is 5.89 Å². The lowest BCUT2D eigenvalue weighted by atomic mass is 9.97. The molecule has 1 saturated heterocycles. The van der Waals surface area contributed by atoms with Crippen LogP contribution < -0.4 is 10.6 Å². The van der Waals surface area contributed by atoms with E-state index in [1.807, 2.05) is 38.7 Å². The number of hydrogen-bond acceptors (Lipinski definition) is 5. The molecule has 1 aromatic heterocycles. The van der Waals surface area contributed by atoms with E-state index in [-0.39, 0.29) is 24.0 Å². The summed E-state index contributed by atoms with van der Waals surface area (Å²) in [5.74, 6) is 4.36. The Morgan fingerprint density at radius 2 is 1.93 bits per heavy atom. The average Bonchev–Trinajstić information content (AvgIpc) is 3.06. The quantitative estimate of drug-likeness (QED) is 0.172. The summed E-state index contributed by atoms with van der Waals surface area (Å²) in [6, 6.07) is 10.5. The Kier molecular flexibility index (Phi) is 11.0. The second-order valence-corrected chi connectivity index (χ2v) is 8.68. The molecule has 0 amide bonds. The second-order valence-electron chi connectivity index (χ2n) is 7.51. The zero-order valence-corrected chi connectivity index (χ0v) is 21.3. The number of nitrogens with zero attached hydrogens (tertiary/aromatic N) is 3. The Morgan fingerprint density at radius 3 is 2.57 bits per heavy atom. The van der Waals surface area contributed by atoms with Gasteiger partial charge in [-0.3, -0.25) is 9.89 Å². The van der Waals surface area contributed by atoms with Crippen molar-refractivity contribution in [3.63, 3.8) is 0 Å². The Balaban J connectivity index is 0.00000320. The lowest BCUT2D eigenvalue weighted by molar-refractivity contribution is 0.164. The summed E-state index contributed by atoms with van der Waals surface area (Å²) in [4.78, 5) is 12.6. The maximum absolute atomic E-state index is 5.72. The molecule has 1 aliphatic rings. The molecule has 8 heteroatoms. The second kappa shape index (κ2) is 13.2. The van der Waals surface area contributed by atoms with Crippen molar-refractivity contribution >= 4 is 41.7 Å². The fraction of sp³-hybridized carbons (Fsp3) is 0.545. The number of rotatable bonds is 8. The molecule has 166 valence electrons. The highest BCUT2D eigenvalue weighted by Gasteiger charge is 2.21. The molecule has 1 aliphatic heterocycles. The summed E-state index contributed by atoms with van der Waals surface area (Å²) in [6.45, 7) is 8.84. The average molecular weight is 544 g/mol. The SMILES string of the molecule is CN=C(NCCSc1ccccc1)NCC1CCN(Cc2nc(C)c(C)o2)CC1.I. The maximum Gasteiger partial charge on any atom is 0.208 e. The van der Waals surface area contributed by atoms with Crippen LogP contribution in [0.2, 0.25) is 0 Å². The lowest BCUT2D eigenvalue weighted by Gasteiger charge is -2.31. The van der Waals surface area contributed by atoms with Gasteiger partial charge in [0.25, 0.3) is 0 Å². The molecule has 0 unspecified atom stereocenters. The minimum Gasteiger partial charge on any atom is -0.444 e. The van der Waals surface area contributed by atoms with Crippen LogP contribution in [0.1, 0.15) is 30.2 Å². The first kappa shape index (κ1) is 25.0. The third-order valence-electron chi connectivity index (χ3n) is 5.33. The first-order valence-electron chi connectivity index (χ1n) is 10.4. The van der Waals surface area contributed by atoms with E-state index in [1.54, 1.807) is 0 Å². The molecule has 0 bridgehead atoms. The van der Waals surface area contributed by atoms with E-state index in [0.717, 1.165) is 61.8 Å². The van der Waals surface area contributed by atoms with Gasteiger partial charge in [0, 0.05) is 30.8 Å². The van der Waals surface area contributed by atoms with Crippen molar-refractivity contribution in [3.05, 3.63) is 47.7 Å². The highest BCUT2D eigenvalue weighted by Crippen LogP contribution is 2.19. The number of thioether (sulfide) groups is 1. The molecular weight excluding hydrogens is 509 g/mol. The molecule has 0 radical (unpaired) electrons. The molecule has 1 aromatic carbocycles. The van der Waals surface area contributed by atoms with Crippen molar-refractivity contribution in [1.29, 1.82) is 0 Å². The summed E-state index contributed by atoms with van der Waals surface area (Å²) in [7, 11) is 1.84. The van der Waals surface area contributed by atoms with Crippen LogP contribution in [0.3, 0.4) is 0 Å². The smallest absolute Gasteiger partial charge is 0.208 e. The van der Waals surface area contributed by atoms with Crippen LogP contribution in [0.25, 0.3) is 0 Å². The molecule has 3 rings (SSSR count). The maximum atomic E-state index is 5.72. The van der Waals surface area contributed by atoms with Crippen molar-refractivity contribution < 1.29 is 4.42 Å². The Morgan fingerprint density at radius 1 is 1.20 bits per heavy atom. The van der Waals surface area contributed by atoms with Crippen LogP contribution >= 0.6 is 35.7 Å². The highest BCUT2D eigenvalue weighted by atomic mass is 127. The van der Waals surface area contributed by atoms with Crippen molar-refractivity contribution in [1.82, 2.24) is 20.5 Å². The highest BCUT2D eigenvalue weighted by molar-refractivity contribution is 14.0. The van der Waals surface area contributed by atoms with Crippen LogP contribution in [0.15, 0.2) is 44.6 Å². The van der Waals surface area contributed by atoms with Gasteiger partial charge in [0.15, 0.2) is 5.96 Å². The molecule has 2 aromatic rings. The van der Waals surface area contributed by atoms with E-state index in [4.69, 9.17) is 4.42 Å². The zero-order valence-electron chi connectivity index (χ0n) is 18.2. The zero-order chi connectivity index (χ0) is 20.5. The van der Waals surface area contributed by atoms with Crippen LogP contribution in [-0.4, -0.2) is 54.8 Å². The van der Waals surface area contributed by atoms with E-state index in [9.17, 15) is 0 Å². The lowest BCUT2D eigenvalue weighted by Crippen LogP contribution is -2.43. The molecule has 0 aliphatic carbocycles. The molecule has 1 fully saturated rings. The molecule has 30 heavy (non-hydrogen) atoms. The molecule has 2 N–H and O–H groups in total. The third kappa shape index (κ3) is 8.11. The van der Waals surface area contributed by atoms with Gasteiger partial charge >= 0.3 is 0 Å². The standard InChI is InChI=1S/C22H33N5OS.HI/c1-17-18(2)28-21(26-17)16-27-12-9-19(10-13-27)15-25-22(23-3)24-11-14-29-20-7-5-4-6-8-20;/h4-8,19H,9-16H2,1-3H3,(H2,23,24,25);1H. The van der Waals surface area contributed by atoms with Crippen molar-refractivity contribution in [2.75, 3.05) is 39.0 Å². The first-order valence-corrected chi connectivity index (χ1v) is 11.4. The largest absolute Gasteiger partial charge is 0.444 e. The molecule has 0 spiro atoms. The number of benzene rings is 1. The van der Waals surface area contributed by atoms with Gasteiger partial charge < -0.3 is 15.1 Å². The number of halogens is 1. The summed E-state index contributed by atoms with van der Waals surface area (Å²) in [5, 5.41) is 6.91. The number of guanidine groups is 1. The van der Waals surface area contributed by atoms with E-state index in [0.29, 0.717) is 5.92 Å². The minimum absolute atomic E-state index is 0. The summed E-state index contributed by atoms with van der Waals surface area (Å²) in [5.41, 5.74) is 1.00. The van der Waals surface area contributed by atoms with Crippen LogP contribution in [0, 0.1) is 19.8 Å². The predicted octanol–water partition coefficient (Wildman–Crippen LogP) is 4.08. The van der Waals surface area contributed by atoms with Crippen molar-refractivity contribution in [2.24, 2.45) is 10.9 Å². The van der Waals surface area contributed by atoms with E-state index >= 15 is 0 Å². The minimum atomic E-state index is 0. The summed E-state index contributed by atoms with van der Waals surface area (Å²) < 4.78 is 5.72. The number of likely N-dealkylation sites (tertiary alicyclic amines) is 1.